The van der Waals surface area contributed by atoms with Gasteiger partial charge < -0.3 is 24.1 Å². The minimum absolute atomic E-state index is 0.00785. The first kappa shape index (κ1) is 29.9. The summed E-state index contributed by atoms with van der Waals surface area (Å²) < 4.78 is 47.8. The summed E-state index contributed by atoms with van der Waals surface area (Å²) in [5.41, 5.74) is 0.467. The molecule has 2 atom stereocenters. The van der Waals surface area contributed by atoms with Crippen LogP contribution in [0, 0.1) is 17.6 Å². The molecule has 2 unspecified atom stereocenters. The molecule has 0 saturated carbocycles. The topological polar surface area (TPSA) is 84.9 Å². The van der Waals surface area contributed by atoms with Crippen LogP contribution < -0.4 is 5.11 Å². The molecular formula is C31H33F2O6-. The number of ether oxygens (including phenoxy) is 3. The smallest absolute Gasteiger partial charge is 0.333 e. The van der Waals surface area contributed by atoms with Crippen LogP contribution in [0.1, 0.15) is 50.7 Å². The summed E-state index contributed by atoms with van der Waals surface area (Å²) in [6.07, 6.45) is 5.57. The molecule has 0 aromatic heterocycles. The SMILES string of the molecule is C=C(C)C(=O)OCCCCCCOC1(OCC)C=CC(C(=O)[O-])C(c2ccccc2F)=C1c1ccccc1F. The van der Waals surface area contributed by atoms with Gasteiger partial charge in [0.25, 0.3) is 0 Å². The van der Waals surface area contributed by atoms with Crippen molar-refractivity contribution in [2.24, 2.45) is 5.92 Å². The highest BCUT2D eigenvalue weighted by molar-refractivity contribution is 6.04. The highest BCUT2D eigenvalue weighted by atomic mass is 19.1. The molecule has 0 heterocycles. The first-order valence-corrected chi connectivity index (χ1v) is 13.0. The molecule has 2 aromatic rings. The molecule has 0 saturated heterocycles. The van der Waals surface area contributed by atoms with Crippen LogP contribution in [0.15, 0.2) is 72.8 Å². The van der Waals surface area contributed by atoms with E-state index in [0.29, 0.717) is 18.4 Å². The van der Waals surface area contributed by atoms with Crippen LogP contribution in [0.2, 0.25) is 0 Å². The van der Waals surface area contributed by atoms with Crippen LogP contribution in [0.25, 0.3) is 11.1 Å². The Balaban J connectivity index is 1.94. The van der Waals surface area contributed by atoms with Crippen molar-refractivity contribution in [3.63, 3.8) is 0 Å². The zero-order valence-corrected chi connectivity index (χ0v) is 22.2. The van der Waals surface area contributed by atoms with Gasteiger partial charge in [-0.3, -0.25) is 0 Å². The van der Waals surface area contributed by atoms with Gasteiger partial charge in [-0.15, -0.1) is 0 Å². The summed E-state index contributed by atoms with van der Waals surface area (Å²) >= 11 is 0. The van der Waals surface area contributed by atoms with Crippen LogP contribution in [0.5, 0.6) is 0 Å². The van der Waals surface area contributed by atoms with Crippen LogP contribution in [-0.4, -0.2) is 37.5 Å². The number of carbonyl (C=O) groups is 2. The van der Waals surface area contributed by atoms with E-state index >= 15 is 8.78 Å². The second-order valence-corrected chi connectivity index (χ2v) is 9.18. The third-order valence-electron chi connectivity index (χ3n) is 6.29. The summed E-state index contributed by atoms with van der Waals surface area (Å²) in [6.45, 7) is 7.49. The fourth-order valence-electron chi connectivity index (χ4n) is 4.49. The van der Waals surface area contributed by atoms with Gasteiger partial charge in [0.2, 0.25) is 5.79 Å². The van der Waals surface area contributed by atoms with Gasteiger partial charge >= 0.3 is 5.97 Å². The molecule has 1 aliphatic carbocycles. The molecule has 39 heavy (non-hydrogen) atoms. The predicted octanol–water partition coefficient (Wildman–Crippen LogP) is 5.24. The standard InChI is InChI=1S/C31H34F2O6/c1-4-38-31(39-20-12-6-5-11-19-37-30(36)21(2)3)18-17-24(29(34)35)27(22-13-7-9-15-25(22)32)28(31)23-14-8-10-16-26(23)33/h7-10,13-18,24H,2,4-6,11-12,19-20H2,1,3H3,(H,34,35)/p-1. The minimum atomic E-state index is -1.67. The van der Waals surface area contributed by atoms with E-state index < -0.39 is 35.3 Å². The average molecular weight is 540 g/mol. The van der Waals surface area contributed by atoms with Crippen molar-refractivity contribution in [1.29, 1.82) is 0 Å². The quantitative estimate of drug-likeness (QED) is 0.107. The molecule has 0 bridgehead atoms. The molecular weight excluding hydrogens is 506 g/mol. The van der Waals surface area contributed by atoms with Gasteiger partial charge in [0.15, 0.2) is 0 Å². The number of carbonyl (C=O) groups excluding carboxylic acids is 2. The maximum atomic E-state index is 15.3. The first-order chi connectivity index (χ1) is 18.7. The average Bonchev–Trinajstić information content (AvgIpc) is 2.90. The van der Waals surface area contributed by atoms with E-state index in [1.54, 1.807) is 26.0 Å². The number of hydrogen-bond acceptors (Lipinski definition) is 6. The molecule has 0 spiro atoms. The lowest BCUT2D eigenvalue weighted by Crippen LogP contribution is -2.42. The largest absolute Gasteiger partial charge is 0.549 e. The number of benzene rings is 2. The maximum absolute atomic E-state index is 15.3. The predicted molar refractivity (Wildman–Crippen MR) is 142 cm³/mol. The number of esters is 1. The van der Waals surface area contributed by atoms with Crippen LogP contribution in [0.4, 0.5) is 8.78 Å². The van der Waals surface area contributed by atoms with E-state index in [1.165, 1.54) is 48.6 Å². The number of aliphatic carboxylic acids is 1. The molecule has 0 aliphatic heterocycles. The van der Waals surface area contributed by atoms with Crippen LogP contribution in [-0.2, 0) is 23.8 Å². The van der Waals surface area contributed by atoms with Gasteiger partial charge in [0, 0.05) is 34.8 Å². The molecule has 0 fully saturated rings. The Labute approximate surface area is 227 Å². The Hall–Kier alpha value is -3.62. The highest BCUT2D eigenvalue weighted by Gasteiger charge is 2.43. The third-order valence-corrected chi connectivity index (χ3v) is 6.29. The van der Waals surface area contributed by atoms with Gasteiger partial charge in [0.05, 0.1) is 19.2 Å². The van der Waals surface area contributed by atoms with E-state index in [1.807, 2.05) is 0 Å². The summed E-state index contributed by atoms with van der Waals surface area (Å²) in [4.78, 5) is 23.7. The van der Waals surface area contributed by atoms with Crippen molar-refractivity contribution >= 4 is 23.1 Å². The lowest BCUT2D eigenvalue weighted by molar-refractivity contribution is -0.307. The number of carboxylic acid groups (broad SMARTS) is 1. The summed E-state index contributed by atoms with van der Waals surface area (Å²) in [5, 5.41) is 12.2. The lowest BCUT2D eigenvalue weighted by atomic mass is 9.77. The van der Waals surface area contributed by atoms with Crippen molar-refractivity contribution in [3.05, 3.63) is 95.6 Å². The molecule has 6 nitrogen and oxygen atoms in total. The Morgan fingerprint density at radius 3 is 2.08 bits per heavy atom. The van der Waals surface area contributed by atoms with E-state index in [4.69, 9.17) is 14.2 Å². The normalized spacial score (nSPS) is 18.7. The number of hydrogen-bond donors (Lipinski definition) is 0. The molecule has 0 amide bonds. The van der Waals surface area contributed by atoms with Gasteiger partial charge in [0.1, 0.15) is 11.6 Å². The molecule has 0 N–H and O–H groups in total. The van der Waals surface area contributed by atoms with Crippen LogP contribution in [0.3, 0.4) is 0 Å². The zero-order valence-electron chi connectivity index (χ0n) is 22.2. The first-order valence-electron chi connectivity index (χ1n) is 13.0. The number of halogens is 2. The Kier molecular flexibility index (Phi) is 10.7. The Bertz CT molecular complexity index is 1250. The fourth-order valence-corrected chi connectivity index (χ4v) is 4.49. The van der Waals surface area contributed by atoms with Crippen molar-refractivity contribution in [3.8, 4) is 0 Å². The maximum Gasteiger partial charge on any atom is 0.333 e. The fraction of sp³-hybridized carbons (Fsp3) is 0.355. The molecule has 1 aliphatic rings. The zero-order chi connectivity index (χ0) is 28.4. The number of carboxylic acids is 1. The minimum Gasteiger partial charge on any atom is -0.549 e. The van der Waals surface area contributed by atoms with Gasteiger partial charge in [-0.2, -0.15) is 0 Å². The summed E-state index contributed by atoms with van der Waals surface area (Å²) in [6, 6.07) is 11.6. The molecule has 208 valence electrons. The van der Waals surface area contributed by atoms with Gasteiger partial charge in [-0.25, -0.2) is 13.6 Å². The molecule has 8 heteroatoms. The Morgan fingerprint density at radius 1 is 0.923 bits per heavy atom. The summed E-state index contributed by atoms with van der Waals surface area (Å²) in [5.74, 6) is -6.22. The number of rotatable bonds is 14. The molecule has 2 aromatic carbocycles. The highest BCUT2D eigenvalue weighted by Crippen LogP contribution is 2.47. The lowest BCUT2D eigenvalue weighted by Gasteiger charge is -2.40. The van der Waals surface area contributed by atoms with Crippen molar-refractivity contribution < 1.29 is 37.7 Å². The number of unbranched alkanes of at least 4 members (excludes halogenated alkanes) is 3. The van der Waals surface area contributed by atoms with Gasteiger partial charge in [-0.05, 0) is 56.9 Å². The van der Waals surface area contributed by atoms with E-state index in [2.05, 4.69) is 6.58 Å². The Morgan fingerprint density at radius 2 is 1.51 bits per heavy atom. The van der Waals surface area contributed by atoms with E-state index in [9.17, 15) is 14.7 Å². The summed E-state index contributed by atoms with van der Waals surface area (Å²) in [7, 11) is 0. The molecule has 3 rings (SSSR count). The molecule has 0 radical (unpaired) electrons. The van der Waals surface area contributed by atoms with E-state index in [-0.39, 0.29) is 42.1 Å². The second kappa shape index (κ2) is 14.0. The van der Waals surface area contributed by atoms with Crippen LogP contribution >= 0.6 is 0 Å². The third kappa shape index (κ3) is 7.28. The monoisotopic (exact) mass is 539 g/mol. The van der Waals surface area contributed by atoms with Crippen molar-refractivity contribution in [2.75, 3.05) is 19.8 Å². The van der Waals surface area contributed by atoms with Crippen molar-refractivity contribution in [2.45, 2.75) is 45.3 Å². The van der Waals surface area contributed by atoms with Gasteiger partial charge in [-0.1, -0.05) is 55.5 Å². The van der Waals surface area contributed by atoms with Crippen molar-refractivity contribution in [1.82, 2.24) is 0 Å². The van der Waals surface area contributed by atoms with E-state index in [0.717, 1.165) is 12.8 Å². The second-order valence-electron chi connectivity index (χ2n) is 9.18.